The van der Waals surface area contributed by atoms with E-state index in [-0.39, 0.29) is 0 Å². The average molecular weight is 248 g/mol. The normalized spacial score (nSPS) is 19.8. The third kappa shape index (κ3) is 3.42. The second-order valence-corrected chi connectivity index (χ2v) is 5.65. The first kappa shape index (κ1) is 13.3. The summed E-state index contributed by atoms with van der Waals surface area (Å²) in [6.07, 6.45) is 6.25. The van der Waals surface area contributed by atoms with Gasteiger partial charge in [0.15, 0.2) is 0 Å². The molecule has 18 heavy (non-hydrogen) atoms. The smallest absolute Gasteiger partial charge is 0.225 e. The molecule has 0 radical (unpaired) electrons. The molecular formula is C14H24N4. The molecule has 1 aliphatic rings. The zero-order valence-corrected chi connectivity index (χ0v) is 11.7. The fourth-order valence-electron chi connectivity index (χ4n) is 2.56. The van der Waals surface area contributed by atoms with E-state index in [0.29, 0.717) is 5.92 Å². The summed E-state index contributed by atoms with van der Waals surface area (Å²) < 4.78 is 0. The molecule has 4 heteroatoms. The van der Waals surface area contributed by atoms with Crippen molar-refractivity contribution in [3.05, 3.63) is 18.0 Å². The van der Waals surface area contributed by atoms with Crippen molar-refractivity contribution in [2.45, 2.75) is 26.7 Å². The van der Waals surface area contributed by atoms with Gasteiger partial charge in [-0.2, -0.15) is 0 Å². The van der Waals surface area contributed by atoms with E-state index >= 15 is 0 Å². The Morgan fingerprint density at radius 1 is 1.39 bits per heavy atom. The van der Waals surface area contributed by atoms with Crippen molar-refractivity contribution in [3.8, 4) is 0 Å². The van der Waals surface area contributed by atoms with Gasteiger partial charge in [-0.3, -0.25) is 0 Å². The number of hydrogen-bond acceptors (Lipinski definition) is 4. The van der Waals surface area contributed by atoms with Gasteiger partial charge in [-0.05, 0) is 43.8 Å². The minimum absolute atomic E-state index is 0.659. The van der Waals surface area contributed by atoms with Gasteiger partial charge >= 0.3 is 0 Å². The predicted molar refractivity (Wildman–Crippen MR) is 74.8 cm³/mol. The molecule has 0 aromatic carbocycles. The fraction of sp³-hybridized carbons (Fsp3) is 0.714. The van der Waals surface area contributed by atoms with Gasteiger partial charge in [0.05, 0.1) is 0 Å². The molecule has 0 aliphatic carbocycles. The number of nitrogens with zero attached hydrogens (tertiary/aromatic N) is 3. The lowest BCUT2D eigenvalue weighted by Gasteiger charge is -2.16. The summed E-state index contributed by atoms with van der Waals surface area (Å²) in [6, 6.07) is 0. The summed E-state index contributed by atoms with van der Waals surface area (Å²) in [5, 5.41) is 3.24. The summed E-state index contributed by atoms with van der Waals surface area (Å²) >= 11 is 0. The lowest BCUT2D eigenvalue weighted by Crippen LogP contribution is -2.25. The van der Waals surface area contributed by atoms with Crippen molar-refractivity contribution in [3.63, 3.8) is 0 Å². The van der Waals surface area contributed by atoms with Gasteiger partial charge in [0.1, 0.15) is 0 Å². The maximum absolute atomic E-state index is 4.50. The minimum Gasteiger partial charge on any atom is -0.340 e. The summed E-state index contributed by atoms with van der Waals surface area (Å²) in [5.41, 5.74) is 1.24. The lowest BCUT2D eigenvalue weighted by molar-refractivity contribution is 0.548. The van der Waals surface area contributed by atoms with Crippen LogP contribution in [0.5, 0.6) is 0 Å². The molecule has 1 saturated heterocycles. The zero-order valence-electron chi connectivity index (χ0n) is 11.7. The Kier molecular flexibility index (Phi) is 4.53. The molecule has 1 aliphatic heterocycles. The molecule has 4 nitrogen and oxygen atoms in total. The Hall–Kier alpha value is -1.16. The third-order valence-electron chi connectivity index (χ3n) is 3.40. The van der Waals surface area contributed by atoms with Crippen molar-refractivity contribution < 1.29 is 0 Å². The Morgan fingerprint density at radius 3 is 2.72 bits per heavy atom. The van der Waals surface area contributed by atoms with Crippen molar-refractivity contribution in [1.82, 2.24) is 15.3 Å². The van der Waals surface area contributed by atoms with E-state index in [1.165, 1.54) is 12.0 Å². The first-order valence-corrected chi connectivity index (χ1v) is 6.89. The zero-order chi connectivity index (χ0) is 13.0. The molecule has 0 spiro atoms. The molecule has 0 saturated carbocycles. The molecule has 0 bridgehead atoms. The number of anilines is 1. The van der Waals surface area contributed by atoms with E-state index < -0.39 is 0 Å². The molecule has 1 aromatic heterocycles. The van der Waals surface area contributed by atoms with Crippen LogP contribution in [-0.4, -0.2) is 36.6 Å². The molecule has 2 heterocycles. The van der Waals surface area contributed by atoms with Gasteiger partial charge in [-0.1, -0.05) is 13.8 Å². The van der Waals surface area contributed by atoms with Crippen LogP contribution < -0.4 is 10.2 Å². The van der Waals surface area contributed by atoms with E-state index in [9.17, 15) is 0 Å². The Morgan fingerprint density at radius 2 is 2.11 bits per heavy atom. The highest BCUT2D eigenvalue weighted by Gasteiger charge is 2.23. The van der Waals surface area contributed by atoms with Gasteiger partial charge in [-0.25, -0.2) is 9.97 Å². The van der Waals surface area contributed by atoms with Crippen LogP contribution in [0.2, 0.25) is 0 Å². The van der Waals surface area contributed by atoms with Crippen LogP contribution in [0.3, 0.4) is 0 Å². The molecule has 1 atom stereocenters. The molecule has 1 unspecified atom stereocenters. The molecule has 1 aromatic rings. The first-order valence-electron chi connectivity index (χ1n) is 6.89. The number of hydrogen-bond donors (Lipinski definition) is 1. The number of aromatic nitrogens is 2. The van der Waals surface area contributed by atoms with Crippen molar-refractivity contribution >= 4 is 5.95 Å². The minimum atomic E-state index is 0.659. The maximum atomic E-state index is 4.50. The van der Waals surface area contributed by atoms with E-state index in [4.69, 9.17) is 0 Å². The maximum Gasteiger partial charge on any atom is 0.225 e. The fourth-order valence-corrected chi connectivity index (χ4v) is 2.56. The molecule has 2 rings (SSSR count). The Balaban J connectivity index is 1.94. The molecule has 1 N–H and O–H groups in total. The van der Waals surface area contributed by atoms with Gasteiger partial charge in [0.2, 0.25) is 5.95 Å². The Bertz CT molecular complexity index is 361. The highest BCUT2D eigenvalue weighted by atomic mass is 15.3. The third-order valence-corrected chi connectivity index (χ3v) is 3.40. The van der Waals surface area contributed by atoms with Crippen molar-refractivity contribution in [1.29, 1.82) is 0 Å². The SMILES string of the molecule is CNCC1CCN(c2ncc(CC(C)C)cn2)C1. The largest absolute Gasteiger partial charge is 0.340 e. The van der Waals surface area contributed by atoms with Gasteiger partial charge in [0, 0.05) is 25.5 Å². The standard InChI is InChI=1S/C14H24N4/c1-11(2)6-13-8-16-14(17-9-13)18-5-4-12(10-18)7-15-3/h8-9,11-12,15H,4-7,10H2,1-3H3. The first-order chi connectivity index (χ1) is 8.69. The highest BCUT2D eigenvalue weighted by Crippen LogP contribution is 2.20. The molecule has 100 valence electrons. The number of nitrogens with one attached hydrogen (secondary N) is 1. The predicted octanol–water partition coefficient (Wildman–Crippen LogP) is 1.72. The van der Waals surface area contributed by atoms with Crippen LogP contribution in [0.15, 0.2) is 12.4 Å². The van der Waals surface area contributed by atoms with E-state index in [1.54, 1.807) is 0 Å². The van der Waals surface area contributed by atoms with Crippen LogP contribution >= 0.6 is 0 Å². The number of rotatable bonds is 5. The Labute approximate surface area is 110 Å². The van der Waals surface area contributed by atoms with Gasteiger partial charge in [-0.15, -0.1) is 0 Å². The molecule has 1 fully saturated rings. The van der Waals surface area contributed by atoms with Crippen LogP contribution in [0.4, 0.5) is 5.95 Å². The lowest BCUT2D eigenvalue weighted by atomic mass is 10.1. The van der Waals surface area contributed by atoms with Crippen molar-refractivity contribution in [2.24, 2.45) is 11.8 Å². The topological polar surface area (TPSA) is 41.0 Å². The summed E-state index contributed by atoms with van der Waals surface area (Å²) in [6.45, 7) is 7.68. The summed E-state index contributed by atoms with van der Waals surface area (Å²) in [4.78, 5) is 11.3. The second-order valence-electron chi connectivity index (χ2n) is 5.65. The second kappa shape index (κ2) is 6.14. The monoisotopic (exact) mass is 248 g/mol. The van der Waals surface area contributed by atoms with Crippen LogP contribution in [-0.2, 0) is 6.42 Å². The van der Waals surface area contributed by atoms with E-state index in [0.717, 1.165) is 37.9 Å². The quantitative estimate of drug-likeness (QED) is 0.861. The average Bonchev–Trinajstić information content (AvgIpc) is 2.78. The van der Waals surface area contributed by atoms with Crippen LogP contribution in [0, 0.1) is 11.8 Å². The summed E-state index contributed by atoms with van der Waals surface area (Å²) in [7, 11) is 2.01. The van der Waals surface area contributed by atoms with E-state index in [2.05, 4.69) is 34.0 Å². The molecular weight excluding hydrogens is 224 g/mol. The highest BCUT2D eigenvalue weighted by molar-refractivity contribution is 5.31. The molecule has 0 amide bonds. The van der Waals surface area contributed by atoms with Crippen molar-refractivity contribution in [2.75, 3.05) is 31.6 Å². The van der Waals surface area contributed by atoms with Gasteiger partial charge in [0.25, 0.3) is 0 Å². The van der Waals surface area contributed by atoms with E-state index in [1.807, 2.05) is 19.4 Å². The van der Waals surface area contributed by atoms with Gasteiger partial charge < -0.3 is 10.2 Å². The van der Waals surface area contributed by atoms with Crippen LogP contribution in [0.1, 0.15) is 25.8 Å². The van der Waals surface area contributed by atoms with Crippen LogP contribution in [0.25, 0.3) is 0 Å². The summed E-state index contributed by atoms with van der Waals surface area (Å²) in [5.74, 6) is 2.28.